The van der Waals surface area contributed by atoms with Crippen molar-refractivity contribution in [2.75, 3.05) is 49.1 Å². The van der Waals surface area contributed by atoms with Crippen LogP contribution in [0.3, 0.4) is 0 Å². The molecule has 4 saturated heterocycles. The van der Waals surface area contributed by atoms with E-state index in [9.17, 15) is 5.11 Å². The molecule has 7 nitrogen and oxygen atoms in total. The SMILES string of the molecule is Oc1cc(-c2ccc3c(N4C[C@H]5CC[C@@H](C4)N5)nc(N4CC5(CCNC5)C4)nc3c2F)c2ccccc2c1. The Bertz CT molecular complexity index is 1560. The van der Waals surface area contributed by atoms with Gasteiger partial charge >= 0.3 is 0 Å². The number of nitrogens with one attached hydrogen (secondary N) is 2. The number of fused-ring (bicyclic) bond motifs is 4. The summed E-state index contributed by atoms with van der Waals surface area (Å²) in [4.78, 5) is 14.5. The molecule has 3 N–H and O–H groups in total. The van der Waals surface area contributed by atoms with Crippen molar-refractivity contribution < 1.29 is 9.50 Å². The maximum Gasteiger partial charge on any atom is 0.228 e. The lowest BCUT2D eigenvalue weighted by Crippen LogP contribution is -2.58. The lowest BCUT2D eigenvalue weighted by Gasteiger charge is -2.48. The molecule has 1 aromatic heterocycles. The van der Waals surface area contributed by atoms with Crippen LogP contribution in [0.5, 0.6) is 5.75 Å². The van der Waals surface area contributed by atoms with Crippen LogP contribution in [0.15, 0.2) is 48.5 Å². The molecular weight excluding hydrogens is 479 g/mol. The number of aromatic nitrogens is 2. The zero-order valence-corrected chi connectivity index (χ0v) is 21.3. The molecule has 4 fully saturated rings. The Kier molecular flexibility index (Phi) is 4.88. The van der Waals surface area contributed by atoms with Crippen molar-refractivity contribution in [2.24, 2.45) is 5.41 Å². The Morgan fingerprint density at radius 2 is 1.74 bits per heavy atom. The van der Waals surface area contributed by atoms with Gasteiger partial charge in [0.25, 0.3) is 0 Å². The van der Waals surface area contributed by atoms with E-state index in [-0.39, 0.29) is 17.0 Å². The van der Waals surface area contributed by atoms with Gasteiger partial charge in [-0.05, 0) is 60.3 Å². The summed E-state index contributed by atoms with van der Waals surface area (Å²) in [5, 5.41) is 20.1. The van der Waals surface area contributed by atoms with E-state index >= 15 is 4.39 Å². The third-order valence-corrected chi connectivity index (χ3v) is 9.10. The maximum absolute atomic E-state index is 16.6. The number of piperazine rings is 1. The largest absolute Gasteiger partial charge is 0.508 e. The molecule has 8 heteroatoms. The molecule has 2 atom stereocenters. The highest BCUT2D eigenvalue weighted by Crippen LogP contribution is 2.42. The highest BCUT2D eigenvalue weighted by molar-refractivity contribution is 6.01. The highest BCUT2D eigenvalue weighted by atomic mass is 19.1. The number of phenols is 1. The molecule has 2 bridgehead atoms. The zero-order valence-electron chi connectivity index (χ0n) is 21.3. The van der Waals surface area contributed by atoms with Gasteiger partial charge in [0.05, 0.1) is 0 Å². The molecule has 38 heavy (non-hydrogen) atoms. The van der Waals surface area contributed by atoms with E-state index < -0.39 is 0 Å². The van der Waals surface area contributed by atoms with E-state index in [2.05, 4.69) is 20.4 Å². The van der Waals surface area contributed by atoms with Gasteiger partial charge in [0.15, 0.2) is 5.82 Å². The van der Waals surface area contributed by atoms with E-state index in [1.165, 1.54) is 12.8 Å². The van der Waals surface area contributed by atoms with Crippen LogP contribution in [0, 0.1) is 11.2 Å². The first-order valence-corrected chi connectivity index (χ1v) is 13.7. The van der Waals surface area contributed by atoms with Crippen LogP contribution in [0.4, 0.5) is 16.2 Å². The topological polar surface area (TPSA) is 76.6 Å². The lowest BCUT2D eigenvalue weighted by molar-refractivity contribution is 0.240. The predicted molar refractivity (Wildman–Crippen MR) is 148 cm³/mol. The molecule has 3 aromatic carbocycles. The van der Waals surface area contributed by atoms with Gasteiger partial charge in [0.1, 0.15) is 17.1 Å². The van der Waals surface area contributed by atoms with Gasteiger partial charge in [-0.1, -0.05) is 30.3 Å². The summed E-state index contributed by atoms with van der Waals surface area (Å²) in [7, 11) is 0. The number of aromatic hydroxyl groups is 1. The van der Waals surface area contributed by atoms with Gasteiger partial charge < -0.3 is 25.5 Å². The molecule has 0 amide bonds. The lowest BCUT2D eigenvalue weighted by atomic mass is 9.79. The normalized spacial score (nSPS) is 24.0. The molecule has 0 radical (unpaired) electrons. The molecule has 0 unspecified atom stereocenters. The number of hydrogen-bond acceptors (Lipinski definition) is 7. The molecule has 8 rings (SSSR count). The van der Waals surface area contributed by atoms with Crippen LogP contribution in [0.25, 0.3) is 32.8 Å². The van der Waals surface area contributed by atoms with Crippen LogP contribution < -0.4 is 20.4 Å². The summed E-state index contributed by atoms with van der Waals surface area (Å²) in [6.45, 7) is 5.62. The number of hydrogen-bond donors (Lipinski definition) is 3. The first-order valence-electron chi connectivity index (χ1n) is 13.7. The summed E-state index contributed by atoms with van der Waals surface area (Å²) in [6, 6.07) is 15.8. The number of benzene rings is 3. The van der Waals surface area contributed by atoms with E-state index in [4.69, 9.17) is 9.97 Å². The van der Waals surface area contributed by atoms with Gasteiger partial charge in [-0.3, -0.25) is 0 Å². The van der Waals surface area contributed by atoms with Crippen molar-refractivity contribution >= 4 is 33.4 Å². The summed E-state index contributed by atoms with van der Waals surface area (Å²) in [5.74, 6) is 1.21. The average molecular weight is 511 g/mol. The minimum Gasteiger partial charge on any atom is -0.508 e. The van der Waals surface area contributed by atoms with Gasteiger partial charge in [-0.2, -0.15) is 4.98 Å². The molecule has 4 aromatic rings. The molecular formula is C30H31FN6O. The molecule has 0 saturated carbocycles. The molecule has 4 aliphatic rings. The first kappa shape index (κ1) is 22.5. The van der Waals surface area contributed by atoms with E-state index in [1.807, 2.05) is 36.4 Å². The highest BCUT2D eigenvalue weighted by Gasteiger charge is 2.46. The second-order valence-electron chi connectivity index (χ2n) is 11.7. The molecule has 194 valence electrons. The number of anilines is 2. The fraction of sp³-hybridized carbons (Fsp3) is 0.400. The summed E-state index contributed by atoms with van der Waals surface area (Å²) in [6.07, 6.45) is 3.50. The third-order valence-electron chi connectivity index (χ3n) is 9.10. The van der Waals surface area contributed by atoms with Crippen LogP contribution in [-0.2, 0) is 0 Å². The van der Waals surface area contributed by atoms with Crippen LogP contribution in [0.2, 0.25) is 0 Å². The first-order chi connectivity index (χ1) is 18.6. The van der Waals surface area contributed by atoms with Crippen molar-refractivity contribution in [3.63, 3.8) is 0 Å². The van der Waals surface area contributed by atoms with E-state index in [1.54, 1.807) is 12.1 Å². The van der Waals surface area contributed by atoms with E-state index in [0.717, 1.165) is 67.7 Å². The number of phenolic OH excluding ortho intramolecular Hbond substituents is 1. The van der Waals surface area contributed by atoms with Gasteiger partial charge in [0, 0.05) is 61.2 Å². The number of halogens is 1. The zero-order chi connectivity index (χ0) is 25.4. The Balaban J connectivity index is 1.29. The maximum atomic E-state index is 16.6. The van der Waals surface area contributed by atoms with Crippen LogP contribution >= 0.6 is 0 Å². The molecule has 1 spiro atoms. The minimum atomic E-state index is -0.362. The van der Waals surface area contributed by atoms with E-state index in [0.29, 0.717) is 34.7 Å². The minimum absolute atomic E-state index is 0.120. The van der Waals surface area contributed by atoms with Crippen LogP contribution in [-0.4, -0.2) is 66.4 Å². The second kappa shape index (κ2) is 8.25. The van der Waals surface area contributed by atoms with Crippen molar-refractivity contribution in [1.82, 2.24) is 20.6 Å². The van der Waals surface area contributed by atoms with Crippen molar-refractivity contribution in [2.45, 2.75) is 31.3 Å². The van der Waals surface area contributed by atoms with Gasteiger partial charge in [0.2, 0.25) is 5.95 Å². The van der Waals surface area contributed by atoms with Crippen molar-refractivity contribution in [3.8, 4) is 16.9 Å². The Morgan fingerprint density at radius 3 is 2.53 bits per heavy atom. The summed E-state index contributed by atoms with van der Waals surface area (Å²) in [5.41, 5.74) is 1.75. The molecule has 0 aliphatic carbocycles. The van der Waals surface area contributed by atoms with Gasteiger partial charge in [-0.15, -0.1) is 0 Å². The smallest absolute Gasteiger partial charge is 0.228 e. The summed E-state index contributed by atoms with van der Waals surface area (Å²) < 4.78 is 16.6. The molecule has 4 aliphatic heterocycles. The Morgan fingerprint density at radius 1 is 0.921 bits per heavy atom. The standard InChI is InChI=1S/C30H31FN6O/c31-26-23(25-12-21(38)11-18-3-1-2-4-22(18)25)7-8-24-27(26)34-29(37-16-30(17-37)9-10-32-15-30)35-28(24)36-13-19-5-6-20(14-36)33-19/h1-4,7-8,11-12,19-20,32-33,38H,5-6,9-10,13-17H2/t19-,20+. The number of nitrogens with zero attached hydrogens (tertiary/aromatic N) is 4. The summed E-state index contributed by atoms with van der Waals surface area (Å²) >= 11 is 0. The van der Waals surface area contributed by atoms with Crippen LogP contribution in [0.1, 0.15) is 19.3 Å². The second-order valence-corrected chi connectivity index (χ2v) is 11.7. The molecule has 5 heterocycles. The van der Waals surface area contributed by atoms with Crippen molar-refractivity contribution in [3.05, 3.63) is 54.3 Å². The Hall–Kier alpha value is -3.49. The van der Waals surface area contributed by atoms with Crippen molar-refractivity contribution in [1.29, 1.82) is 0 Å². The fourth-order valence-corrected chi connectivity index (χ4v) is 7.18. The third kappa shape index (κ3) is 3.47. The number of rotatable bonds is 3. The Labute approximate surface area is 220 Å². The average Bonchev–Trinajstić information content (AvgIpc) is 3.53. The fourth-order valence-electron chi connectivity index (χ4n) is 7.18. The van der Waals surface area contributed by atoms with Gasteiger partial charge in [-0.25, -0.2) is 9.37 Å². The quantitative estimate of drug-likeness (QED) is 0.384. The predicted octanol–water partition coefficient (Wildman–Crippen LogP) is 4.04. The monoisotopic (exact) mass is 510 g/mol.